The first kappa shape index (κ1) is 13.9. The molecule has 0 aromatic carbocycles. The Balaban J connectivity index is 2.16. The Morgan fingerprint density at radius 2 is 2.12 bits per heavy atom. The lowest BCUT2D eigenvalue weighted by Gasteiger charge is -2.51. The summed E-state index contributed by atoms with van der Waals surface area (Å²) in [5.41, 5.74) is 0.288. The van der Waals surface area contributed by atoms with Crippen molar-refractivity contribution < 1.29 is 4.74 Å². The van der Waals surface area contributed by atoms with Crippen molar-refractivity contribution in [3.05, 3.63) is 0 Å². The van der Waals surface area contributed by atoms with Crippen molar-refractivity contribution in [1.29, 1.82) is 0 Å². The molecule has 16 heavy (non-hydrogen) atoms. The second-order valence-corrected chi connectivity index (χ2v) is 5.54. The molecule has 0 aliphatic heterocycles. The van der Waals surface area contributed by atoms with Crippen LogP contribution >= 0.6 is 0 Å². The Bertz CT molecular complexity index is 206. The minimum Gasteiger partial charge on any atom is -0.381 e. The largest absolute Gasteiger partial charge is 0.381 e. The highest BCUT2D eigenvalue weighted by Crippen LogP contribution is 2.42. The van der Waals surface area contributed by atoms with E-state index in [1.807, 2.05) is 7.11 Å². The zero-order valence-corrected chi connectivity index (χ0v) is 11.5. The molecular weight excluding hydrogens is 200 g/mol. The molecule has 1 saturated carbocycles. The number of hydrogen-bond donors (Lipinski definition) is 2. The standard InChI is InChI=1S/C13H28N2O/c1-6-14-10(2)7-8-15-11-9-12(16-5)13(11,3)4/h10-12,14-15H,6-9H2,1-5H3. The van der Waals surface area contributed by atoms with Gasteiger partial charge in [0.2, 0.25) is 0 Å². The highest BCUT2D eigenvalue weighted by molar-refractivity contribution is 5.02. The molecule has 0 heterocycles. The first-order valence-electron chi connectivity index (χ1n) is 6.51. The molecule has 3 heteroatoms. The topological polar surface area (TPSA) is 33.3 Å². The van der Waals surface area contributed by atoms with E-state index >= 15 is 0 Å². The van der Waals surface area contributed by atoms with Gasteiger partial charge in [0.25, 0.3) is 0 Å². The lowest BCUT2D eigenvalue weighted by atomic mass is 9.64. The summed E-state index contributed by atoms with van der Waals surface area (Å²) < 4.78 is 5.45. The summed E-state index contributed by atoms with van der Waals surface area (Å²) in [5.74, 6) is 0. The first-order valence-corrected chi connectivity index (χ1v) is 6.51. The van der Waals surface area contributed by atoms with Crippen LogP contribution in [-0.2, 0) is 4.74 Å². The first-order chi connectivity index (χ1) is 7.52. The average molecular weight is 228 g/mol. The molecule has 1 rings (SSSR count). The molecule has 96 valence electrons. The number of rotatable bonds is 7. The molecule has 3 unspecified atom stereocenters. The molecule has 0 aromatic heterocycles. The van der Waals surface area contributed by atoms with E-state index in [1.54, 1.807) is 0 Å². The third-order valence-corrected chi connectivity index (χ3v) is 3.98. The molecular formula is C13H28N2O. The Labute approximate surface area is 100 Å². The van der Waals surface area contributed by atoms with E-state index in [9.17, 15) is 0 Å². The molecule has 2 N–H and O–H groups in total. The van der Waals surface area contributed by atoms with E-state index in [0.29, 0.717) is 18.2 Å². The fourth-order valence-corrected chi connectivity index (χ4v) is 2.56. The second-order valence-electron chi connectivity index (χ2n) is 5.54. The highest BCUT2D eigenvalue weighted by Gasteiger charge is 2.47. The third kappa shape index (κ3) is 3.19. The van der Waals surface area contributed by atoms with E-state index in [1.165, 1.54) is 6.42 Å². The van der Waals surface area contributed by atoms with Crippen LogP contribution < -0.4 is 10.6 Å². The molecule has 0 radical (unpaired) electrons. The fourth-order valence-electron chi connectivity index (χ4n) is 2.56. The molecule has 1 fully saturated rings. The lowest BCUT2D eigenvalue weighted by Crippen LogP contribution is -2.60. The lowest BCUT2D eigenvalue weighted by molar-refractivity contribution is -0.0973. The van der Waals surface area contributed by atoms with Gasteiger partial charge < -0.3 is 15.4 Å². The zero-order chi connectivity index (χ0) is 12.2. The van der Waals surface area contributed by atoms with Crippen molar-refractivity contribution in [2.24, 2.45) is 5.41 Å². The predicted molar refractivity (Wildman–Crippen MR) is 68.7 cm³/mol. The minimum atomic E-state index is 0.288. The van der Waals surface area contributed by atoms with Crippen LogP contribution in [0.15, 0.2) is 0 Å². The quantitative estimate of drug-likeness (QED) is 0.697. The van der Waals surface area contributed by atoms with Crippen molar-refractivity contribution >= 4 is 0 Å². The van der Waals surface area contributed by atoms with Crippen LogP contribution in [0, 0.1) is 5.41 Å². The second kappa shape index (κ2) is 5.99. The summed E-state index contributed by atoms with van der Waals surface area (Å²) in [6, 6.07) is 1.23. The van der Waals surface area contributed by atoms with Crippen molar-refractivity contribution in [2.45, 2.75) is 58.7 Å². The van der Waals surface area contributed by atoms with Gasteiger partial charge in [-0.1, -0.05) is 20.8 Å². The van der Waals surface area contributed by atoms with E-state index in [2.05, 4.69) is 38.3 Å². The van der Waals surface area contributed by atoms with Crippen molar-refractivity contribution in [3.63, 3.8) is 0 Å². The highest BCUT2D eigenvalue weighted by atomic mass is 16.5. The van der Waals surface area contributed by atoms with Crippen LogP contribution in [0.2, 0.25) is 0 Å². The van der Waals surface area contributed by atoms with Crippen LogP contribution in [-0.4, -0.2) is 38.4 Å². The molecule has 1 aliphatic carbocycles. The van der Waals surface area contributed by atoms with Gasteiger partial charge in [-0.3, -0.25) is 0 Å². The van der Waals surface area contributed by atoms with Crippen LogP contribution in [0.25, 0.3) is 0 Å². The normalized spacial score (nSPS) is 29.8. The van der Waals surface area contributed by atoms with Gasteiger partial charge in [0, 0.05) is 24.6 Å². The van der Waals surface area contributed by atoms with Crippen LogP contribution in [0.1, 0.15) is 40.5 Å². The SMILES string of the molecule is CCNC(C)CCNC1CC(OC)C1(C)C. The maximum absolute atomic E-state index is 5.45. The third-order valence-electron chi connectivity index (χ3n) is 3.98. The summed E-state index contributed by atoms with van der Waals surface area (Å²) >= 11 is 0. The number of nitrogens with one attached hydrogen (secondary N) is 2. The van der Waals surface area contributed by atoms with Gasteiger partial charge in [-0.15, -0.1) is 0 Å². The number of ether oxygens (including phenoxy) is 1. The Kier molecular flexibility index (Phi) is 5.22. The van der Waals surface area contributed by atoms with E-state index in [-0.39, 0.29) is 5.41 Å². The molecule has 3 atom stereocenters. The maximum Gasteiger partial charge on any atom is 0.0652 e. The van der Waals surface area contributed by atoms with Crippen LogP contribution in [0.5, 0.6) is 0 Å². The van der Waals surface area contributed by atoms with Crippen molar-refractivity contribution in [3.8, 4) is 0 Å². The Hall–Kier alpha value is -0.120. The average Bonchev–Trinajstić information content (AvgIpc) is 2.22. The molecule has 1 aliphatic rings. The molecule has 3 nitrogen and oxygen atoms in total. The molecule has 0 amide bonds. The monoisotopic (exact) mass is 228 g/mol. The van der Waals surface area contributed by atoms with E-state index in [0.717, 1.165) is 19.5 Å². The zero-order valence-electron chi connectivity index (χ0n) is 11.5. The van der Waals surface area contributed by atoms with Gasteiger partial charge in [-0.25, -0.2) is 0 Å². The fraction of sp³-hybridized carbons (Fsp3) is 1.00. The van der Waals surface area contributed by atoms with Gasteiger partial charge in [-0.05, 0) is 32.9 Å². The smallest absolute Gasteiger partial charge is 0.0652 e. The maximum atomic E-state index is 5.45. The molecule has 0 spiro atoms. The molecule has 0 aromatic rings. The van der Waals surface area contributed by atoms with Crippen molar-refractivity contribution in [2.75, 3.05) is 20.2 Å². The van der Waals surface area contributed by atoms with Crippen LogP contribution in [0.4, 0.5) is 0 Å². The number of hydrogen-bond acceptors (Lipinski definition) is 3. The van der Waals surface area contributed by atoms with E-state index < -0.39 is 0 Å². The summed E-state index contributed by atoms with van der Waals surface area (Å²) in [6.45, 7) is 11.1. The molecule has 0 saturated heterocycles. The van der Waals surface area contributed by atoms with Gasteiger partial charge >= 0.3 is 0 Å². The minimum absolute atomic E-state index is 0.288. The van der Waals surface area contributed by atoms with Crippen LogP contribution in [0.3, 0.4) is 0 Å². The number of methoxy groups -OCH3 is 1. The van der Waals surface area contributed by atoms with Gasteiger partial charge in [0.05, 0.1) is 6.10 Å². The summed E-state index contributed by atoms with van der Waals surface area (Å²) in [5, 5.41) is 7.07. The summed E-state index contributed by atoms with van der Waals surface area (Å²) in [6.07, 6.45) is 2.77. The van der Waals surface area contributed by atoms with Crippen molar-refractivity contribution in [1.82, 2.24) is 10.6 Å². The van der Waals surface area contributed by atoms with E-state index in [4.69, 9.17) is 4.74 Å². The predicted octanol–water partition coefficient (Wildman–Crippen LogP) is 1.78. The van der Waals surface area contributed by atoms with Gasteiger partial charge in [0.15, 0.2) is 0 Å². The summed E-state index contributed by atoms with van der Waals surface area (Å²) in [7, 11) is 1.82. The van der Waals surface area contributed by atoms with Gasteiger partial charge in [0.1, 0.15) is 0 Å². The Morgan fingerprint density at radius 3 is 2.62 bits per heavy atom. The molecule has 0 bridgehead atoms. The Morgan fingerprint density at radius 1 is 1.44 bits per heavy atom. The van der Waals surface area contributed by atoms with Gasteiger partial charge in [-0.2, -0.15) is 0 Å². The summed E-state index contributed by atoms with van der Waals surface area (Å²) in [4.78, 5) is 0.